The fourth-order valence-electron chi connectivity index (χ4n) is 3.62. The van der Waals surface area contributed by atoms with Gasteiger partial charge in [-0.1, -0.05) is 93.4 Å². The van der Waals surface area contributed by atoms with Crippen LogP contribution in [0.4, 0.5) is 0 Å². The summed E-state index contributed by atoms with van der Waals surface area (Å²) in [7, 11) is -3.66. The van der Waals surface area contributed by atoms with E-state index in [9.17, 15) is 0 Å². The lowest BCUT2D eigenvalue weighted by Gasteiger charge is -2.39. The minimum absolute atomic E-state index is 0.0577. The van der Waals surface area contributed by atoms with E-state index >= 15 is 0 Å². The van der Waals surface area contributed by atoms with E-state index in [1.54, 1.807) is 0 Å². The van der Waals surface area contributed by atoms with Crippen LogP contribution in [0.3, 0.4) is 0 Å². The Balaban J connectivity index is 2.92. The first-order valence-electron chi connectivity index (χ1n) is 13.5. The number of halogens is 1. The van der Waals surface area contributed by atoms with Crippen LogP contribution in [0, 0.1) is 0 Å². The number of ether oxygens (including phenoxy) is 1. The average Bonchev–Trinajstić information content (AvgIpc) is 2.64. The van der Waals surface area contributed by atoms with E-state index in [2.05, 4.69) is 121 Å². The van der Waals surface area contributed by atoms with Gasteiger partial charge in [-0.05, 0) is 86.4 Å². The molecule has 1 rings (SSSR count). The minimum atomic E-state index is -1.91. The molecular weight excluding hydrogens is 544 g/mol. The fraction of sp³-hybridized carbons (Fsp3) is 0.733. The van der Waals surface area contributed by atoms with Crippen LogP contribution in [0.5, 0.6) is 0 Å². The summed E-state index contributed by atoms with van der Waals surface area (Å²) in [5, 5.41) is 0.388. The van der Waals surface area contributed by atoms with Crippen molar-refractivity contribution in [3.05, 3.63) is 46.5 Å². The maximum Gasteiger partial charge on any atom is 0.192 e. The molecule has 1 aliphatic heterocycles. The summed E-state index contributed by atoms with van der Waals surface area (Å²) in [6.45, 7) is 32.2. The van der Waals surface area contributed by atoms with Crippen LogP contribution < -0.4 is 0 Å². The average molecular weight is 600 g/mol. The van der Waals surface area contributed by atoms with Crippen LogP contribution in [-0.2, 0) is 13.6 Å². The Bertz CT molecular complexity index is 809. The fourth-order valence-corrected chi connectivity index (χ4v) is 6.12. The molecule has 6 heteroatoms. The molecule has 3 nitrogen and oxygen atoms in total. The molecule has 0 bridgehead atoms. The van der Waals surface area contributed by atoms with Gasteiger partial charge in [0.25, 0.3) is 0 Å². The van der Waals surface area contributed by atoms with Crippen molar-refractivity contribution in [1.29, 1.82) is 0 Å². The Morgan fingerprint density at radius 1 is 1.06 bits per heavy atom. The third-order valence-electron chi connectivity index (χ3n) is 8.00. The van der Waals surface area contributed by atoms with Gasteiger partial charge in [-0.2, -0.15) is 0 Å². The van der Waals surface area contributed by atoms with Gasteiger partial charge in [-0.25, -0.2) is 0 Å². The lowest BCUT2D eigenvalue weighted by atomic mass is 9.97. The lowest BCUT2D eigenvalue weighted by molar-refractivity contribution is -0.00377. The highest BCUT2D eigenvalue weighted by molar-refractivity contribution is 9.11. The predicted octanol–water partition coefficient (Wildman–Crippen LogP) is 10.1. The quantitative estimate of drug-likeness (QED) is 0.175. The van der Waals surface area contributed by atoms with Gasteiger partial charge < -0.3 is 13.6 Å². The molecule has 3 atom stereocenters. The van der Waals surface area contributed by atoms with Crippen molar-refractivity contribution < 1.29 is 13.6 Å². The van der Waals surface area contributed by atoms with Crippen molar-refractivity contribution in [1.82, 2.24) is 0 Å². The largest absolute Gasteiger partial charge is 0.413 e. The Morgan fingerprint density at radius 3 is 2.17 bits per heavy atom. The maximum atomic E-state index is 6.86. The van der Waals surface area contributed by atoms with Crippen molar-refractivity contribution in [2.45, 2.75) is 136 Å². The molecule has 0 aromatic rings. The Morgan fingerprint density at radius 2 is 1.64 bits per heavy atom. The second kappa shape index (κ2) is 13.7. The zero-order valence-corrected chi connectivity index (χ0v) is 29.0. The summed E-state index contributed by atoms with van der Waals surface area (Å²) in [6.07, 6.45) is 12.9. The predicted molar refractivity (Wildman–Crippen MR) is 167 cm³/mol. The van der Waals surface area contributed by atoms with Gasteiger partial charge in [-0.3, -0.25) is 0 Å². The van der Waals surface area contributed by atoms with Gasteiger partial charge in [0.2, 0.25) is 0 Å². The SMILES string of the molecule is C=C1C[C@@H](C/C=C/[C@@H](C/C(C)=C\CO[Si](C)(C)C(C)(C)C)O[Si](C)(C)C(C)(C)C)O[C@@H](/C=C(\C)Br)C1. The minimum Gasteiger partial charge on any atom is -0.413 e. The van der Waals surface area contributed by atoms with E-state index in [-0.39, 0.29) is 28.4 Å². The van der Waals surface area contributed by atoms with E-state index in [0.29, 0.717) is 6.61 Å². The van der Waals surface area contributed by atoms with Crippen LogP contribution in [0.1, 0.15) is 81.1 Å². The molecule has 1 heterocycles. The lowest BCUT2D eigenvalue weighted by Crippen LogP contribution is -2.43. The summed E-state index contributed by atoms with van der Waals surface area (Å²) in [5.74, 6) is 0. The highest BCUT2D eigenvalue weighted by Gasteiger charge is 2.39. The Hall–Kier alpha value is -0.246. The van der Waals surface area contributed by atoms with Gasteiger partial charge in [0.15, 0.2) is 16.6 Å². The van der Waals surface area contributed by atoms with Gasteiger partial charge in [0.05, 0.1) is 24.9 Å². The molecule has 0 aromatic heterocycles. The Labute approximate surface area is 234 Å². The first-order valence-corrected chi connectivity index (χ1v) is 20.1. The third-order valence-corrected chi connectivity index (χ3v) is 17.3. The van der Waals surface area contributed by atoms with E-state index in [0.717, 1.165) is 30.2 Å². The van der Waals surface area contributed by atoms with Crippen LogP contribution in [0.15, 0.2) is 46.5 Å². The molecule has 0 radical (unpaired) electrons. The van der Waals surface area contributed by atoms with Crippen molar-refractivity contribution in [3.63, 3.8) is 0 Å². The zero-order chi connectivity index (χ0) is 27.9. The smallest absolute Gasteiger partial charge is 0.192 e. The summed E-state index contributed by atoms with van der Waals surface area (Å²) in [6, 6.07) is 0. The first kappa shape index (κ1) is 33.8. The van der Waals surface area contributed by atoms with Crippen molar-refractivity contribution in [3.8, 4) is 0 Å². The van der Waals surface area contributed by atoms with Crippen LogP contribution in [0.2, 0.25) is 36.3 Å². The molecule has 0 aliphatic carbocycles. The van der Waals surface area contributed by atoms with Gasteiger partial charge >= 0.3 is 0 Å². The van der Waals surface area contributed by atoms with Crippen LogP contribution >= 0.6 is 15.9 Å². The van der Waals surface area contributed by atoms with E-state index in [1.165, 1.54) is 11.1 Å². The normalized spacial score (nSPS) is 22.4. The molecule has 1 aliphatic rings. The molecule has 0 spiro atoms. The molecule has 0 aromatic carbocycles. The van der Waals surface area contributed by atoms with Crippen LogP contribution in [-0.4, -0.2) is 41.6 Å². The Kier molecular flexibility index (Phi) is 12.9. The third kappa shape index (κ3) is 11.6. The number of allylic oxidation sites excluding steroid dienone is 1. The van der Waals surface area contributed by atoms with Crippen molar-refractivity contribution >= 4 is 32.6 Å². The summed E-state index contributed by atoms with van der Waals surface area (Å²) in [4.78, 5) is 0. The second-order valence-electron chi connectivity index (χ2n) is 13.6. The molecule has 0 N–H and O–H groups in total. The molecule has 1 saturated heterocycles. The standard InChI is InChI=1S/C30H55BrO3Si2/c1-23(17-18-32-35(10,11)29(4,5)6)19-27(34-36(12,13)30(7,8)9)16-14-15-26-20-24(2)21-28(33-26)22-25(3)31/h14,16-17,22,26-28H,2,15,18-21H2,1,3-13H3/b16-14+,23-17-,25-22+/t26-,27+,28-/m1/s1. The van der Waals surface area contributed by atoms with Gasteiger partial charge in [0.1, 0.15) is 0 Å². The molecular formula is C30H55BrO3Si2. The highest BCUT2D eigenvalue weighted by Crippen LogP contribution is 2.39. The molecule has 0 amide bonds. The monoisotopic (exact) mass is 598 g/mol. The molecule has 0 unspecified atom stereocenters. The van der Waals surface area contributed by atoms with Crippen LogP contribution in [0.25, 0.3) is 0 Å². The van der Waals surface area contributed by atoms with Crippen molar-refractivity contribution in [2.75, 3.05) is 6.61 Å². The molecule has 36 heavy (non-hydrogen) atoms. The first-order chi connectivity index (χ1) is 16.2. The topological polar surface area (TPSA) is 27.7 Å². The molecule has 0 saturated carbocycles. The molecule has 208 valence electrons. The highest BCUT2D eigenvalue weighted by atomic mass is 79.9. The number of rotatable bonds is 11. The number of hydrogen-bond acceptors (Lipinski definition) is 3. The summed E-state index contributed by atoms with van der Waals surface area (Å²) in [5.41, 5.74) is 2.59. The second-order valence-corrected chi connectivity index (χ2v) is 24.4. The maximum absolute atomic E-state index is 6.86. The van der Waals surface area contributed by atoms with E-state index in [1.807, 2.05) is 6.92 Å². The van der Waals surface area contributed by atoms with Gasteiger partial charge in [0, 0.05) is 0 Å². The zero-order valence-electron chi connectivity index (χ0n) is 25.4. The van der Waals surface area contributed by atoms with Crippen molar-refractivity contribution in [2.24, 2.45) is 0 Å². The molecule has 1 fully saturated rings. The van der Waals surface area contributed by atoms with E-state index in [4.69, 9.17) is 13.6 Å². The summed E-state index contributed by atoms with van der Waals surface area (Å²) >= 11 is 3.54. The number of hydrogen-bond donors (Lipinski definition) is 0. The summed E-state index contributed by atoms with van der Waals surface area (Å²) < 4.78 is 20.7. The van der Waals surface area contributed by atoms with Gasteiger partial charge in [-0.15, -0.1) is 0 Å². The van der Waals surface area contributed by atoms with E-state index < -0.39 is 16.6 Å².